The molecule has 3 rings (SSSR count). The number of non-ortho nitro benzene ring substituents is 1. The molecule has 0 atom stereocenters. The number of anilines is 1. The maximum Gasteiger partial charge on any atom is 0.340 e. The minimum absolute atomic E-state index is 0.0573. The van der Waals surface area contributed by atoms with Gasteiger partial charge in [-0.25, -0.2) is 4.79 Å². The summed E-state index contributed by atoms with van der Waals surface area (Å²) >= 11 is 0. The van der Waals surface area contributed by atoms with E-state index in [0.717, 1.165) is 31.4 Å². The van der Waals surface area contributed by atoms with Gasteiger partial charge in [0, 0.05) is 38.8 Å². The smallest absolute Gasteiger partial charge is 0.340 e. The predicted molar refractivity (Wildman–Crippen MR) is 115 cm³/mol. The lowest BCUT2D eigenvalue weighted by Gasteiger charge is -2.35. The number of rotatable bonds is 7. The van der Waals surface area contributed by atoms with Gasteiger partial charge in [-0.1, -0.05) is 42.5 Å². The van der Waals surface area contributed by atoms with Crippen LogP contribution in [0.1, 0.15) is 15.9 Å². The number of hydrogen-bond acceptors (Lipinski definition) is 8. The van der Waals surface area contributed by atoms with Crippen molar-refractivity contribution in [2.24, 2.45) is 0 Å². The van der Waals surface area contributed by atoms with Gasteiger partial charge in [-0.15, -0.1) is 0 Å². The number of ether oxygens (including phenoxy) is 1. The largest absolute Gasteiger partial charge is 0.465 e. The molecule has 31 heavy (non-hydrogen) atoms. The van der Waals surface area contributed by atoms with Crippen LogP contribution in [0.3, 0.4) is 0 Å². The van der Waals surface area contributed by atoms with Crippen molar-refractivity contribution in [3.8, 4) is 0 Å². The molecule has 0 spiro atoms. The molecule has 1 aliphatic heterocycles. The summed E-state index contributed by atoms with van der Waals surface area (Å²) < 4.78 is 4.72. The number of esters is 1. The molecule has 1 aliphatic rings. The van der Waals surface area contributed by atoms with Gasteiger partial charge in [0.15, 0.2) is 0 Å². The second-order valence-electron chi connectivity index (χ2n) is 6.97. The van der Waals surface area contributed by atoms with E-state index in [-0.39, 0.29) is 11.3 Å². The first-order chi connectivity index (χ1) is 14.9. The van der Waals surface area contributed by atoms with Crippen LogP contribution in [0.25, 0.3) is 6.08 Å². The summed E-state index contributed by atoms with van der Waals surface area (Å²) in [5.41, 5.74) is -0.0272. The number of nitro groups is 2. The van der Waals surface area contributed by atoms with Gasteiger partial charge in [0.25, 0.3) is 11.4 Å². The van der Waals surface area contributed by atoms with Crippen LogP contribution >= 0.6 is 0 Å². The van der Waals surface area contributed by atoms with Gasteiger partial charge >= 0.3 is 5.97 Å². The van der Waals surface area contributed by atoms with Crippen molar-refractivity contribution in [2.75, 3.05) is 44.7 Å². The molecule has 0 bridgehead atoms. The maximum absolute atomic E-state index is 12.3. The molecule has 2 aromatic rings. The fraction of sp³-hybridized carbons (Fsp3) is 0.286. The highest BCUT2D eigenvalue weighted by molar-refractivity contribution is 5.99. The van der Waals surface area contributed by atoms with E-state index in [9.17, 15) is 25.0 Å². The molecule has 1 heterocycles. The van der Waals surface area contributed by atoms with E-state index in [1.165, 1.54) is 0 Å². The first kappa shape index (κ1) is 21.9. The molecule has 10 nitrogen and oxygen atoms in total. The van der Waals surface area contributed by atoms with Crippen LogP contribution in [-0.4, -0.2) is 60.5 Å². The summed E-state index contributed by atoms with van der Waals surface area (Å²) in [4.78, 5) is 37.5. The number of piperazine rings is 1. The Balaban J connectivity index is 1.78. The van der Waals surface area contributed by atoms with Crippen molar-refractivity contribution in [2.45, 2.75) is 0 Å². The minimum atomic E-state index is -0.852. The maximum atomic E-state index is 12.3. The molecule has 0 aromatic heterocycles. The average Bonchev–Trinajstić information content (AvgIpc) is 2.78. The Hall–Kier alpha value is -3.79. The third-order valence-corrected chi connectivity index (χ3v) is 5.05. The Morgan fingerprint density at radius 1 is 1.06 bits per heavy atom. The van der Waals surface area contributed by atoms with Crippen LogP contribution in [-0.2, 0) is 4.74 Å². The highest BCUT2D eigenvalue weighted by Crippen LogP contribution is 2.37. The Bertz CT molecular complexity index is 1000. The van der Waals surface area contributed by atoms with Crippen molar-refractivity contribution in [1.82, 2.24) is 4.90 Å². The van der Waals surface area contributed by atoms with Crippen LogP contribution in [0.2, 0.25) is 0 Å². The van der Waals surface area contributed by atoms with Crippen LogP contribution in [0.5, 0.6) is 0 Å². The third-order valence-electron chi connectivity index (χ3n) is 5.05. The van der Waals surface area contributed by atoms with Crippen molar-refractivity contribution < 1.29 is 19.4 Å². The Labute approximate surface area is 178 Å². The molecule has 1 fully saturated rings. The second kappa shape index (κ2) is 9.81. The van der Waals surface area contributed by atoms with Crippen LogP contribution < -0.4 is 4.90 Å². The van der Waals surface area contributed by atoms with Gasteiger partial charge in [-0.3, -0.25) is 25.1 Å². The zero-order chi connectivity index (χ0) is 22.4. The lowest BCUT2D eigenvalue weighted by molar-refractivity contribution is -0.393. The van der Waals surface area contributed by atoms with E-state index >= 15 is 0 Å². The normalized spacial score (nSPS) is 14.5. The number of carbonyl (C=O) groups is 1. The van der Waals surface area contributed by atoms with E-state index in [2.05, 4.69) is 11.0 Å². The van der Waals surface area contributed by atoms with E-state index in [4.69, 9.17) is 4.74 Å². The van der Waals surface area contributed by atoms with Gasteiger partial charge in [0.1, 0.15) is 5.69 Å². The number of benzene rings is 2. The topological polar surface area (TPSA) is 119 Å². The van der Waals surface area contributed by atoms with Gasteiger partial charge in [0.2, 0.25) is 0 Å². The second-order valence-corrected chi connectivity index (χ2v) is 6.97. The molecular weight excluding hydrogens is 404 g/mol. The Kier molecular flexibility index (Phi) is 6.93. The van der Waals surface area contributed by atoms with Crippen molar-refractivity contribution in [1.29, 1.82) is 0 Å². The number of nitrogens with zero attached hydrogens (tertiary/aromatic N) is 4. The van der Waals surface area contributed by atoms with E-state index in [0.29, 0.717) is 26.2 Å². The quantitative estimate of drug-likeness (QED) is 0.376. The number of hydrogen-bond donors (Lipinski definition) is 0. The standard InChI is InChI=1S/C21H22N4O6/c1-31-21(26)18-14-17(24(27)28)15-19(25(29)30)20(18)23-12-10-22(11-13-23)9-5-8-16-6-3-2-4-7-16/h2-8,14-15H,9-13H2,1H3/b8-5+. The lowest BCUT2D eigenvalue weighted by Crippen LogP contribution is -2.47. The molecule has 0 N–H and O–H groups in total. The molecule has 10 heteroatoms. The molecule has 162 valence electrons. The fourth-order valence-corrected chi connectivity index (χ4v) is 3.50. The minimum Gasteiger partial charge on any atom is -0.465 e. The molecule has 0 radical (unpaired) electrons. The highest BCUT2D eigenvalue weighted by atomic mass is 16.6. The molecule has 2 aromatic carbocycles. The fourth-order valence-electron chi connectivity index (χ4n) is 3.50. The summed E-state index contributed by atoms with van der Waals surface area (Å²) in [6, 6.07) is 11.8. The first-order valence-corrected chi connectivity index (χ1v) is 9.64. The monoisotopic (exact) mass is 426 g/mol. The van der Waals surface area contributed by atoms with Gasteiger partial charge in [0.05, 0.1) is 28.6 Å². The van der Waals surface area contributed by atoms with Crippen LogP contribution in [0.4, 0.5) is 17.1 Å². The number of nitro benzene ring substituents is 2. The lowest BCUT2D eigenvalue weighted by atomic mass is 10.1. The highest BCUT2D eigenvalue weighted by Gasteiger charge is 2.32. The van der Waals surface area contributed by atoms with Crippen LogP contribution in [0.15, 0.2) is 48.5 Å². The predicted octanol–water partition coefficient (Wildman–Crippen LogP) is 3.13. The zero-order valence-corrected chi connectivity index (χ0v) is 17.0. The van der Waals surface area contributed by atoms with Gasteiger partial charge < -0.3 is 9.64 Å². The third kappa shape index (κ3) is 5.23. The van der Waals surface area contributed by atoms with E-state index < -0.39 is 27.2 Å². The molecule has 0 unspecified atom stereocenters. The van der Waals surface area contributed by atoms with E-state index in [1.54, 1.807) is 4.90 Å². The summed E-state index contributed by atoms with van der Waals surface area (Å²) in [6.07, 6.45) is 4.09. The van der Waals surface area contributed by atoms with Gasteiger partial charge in [-0.05, 0) is 5.56 Å². The molecule has 0 amide bonds. The number of methoxy groups -OCH3 is 1. The van der Waals surface area contributed by atoms with Crippen LogP contribution in [0, 0.1) is 20.2 Å². The van der Waals surface area contributed by atoms with Gasteiger partial charge in [-0.2, -0.15) is 0 Å². The van der Waals surface area contributed by atoms with Crippen molar-refractivity contribution in [3.63, 3.8) is 0 Å². The molecule has 1 saturated heterocycles. The summed E-state index contributed by atoms with van der Waals surface area (Å²) in [7, 11) is 1.13. The van der Waals surface area contributed by atoms with E-state index in [1.807, 2.05) is 36.4 Å². The summed E-state index contributed by atoms with van der Waals surface area (Å²) in [5, 5.41) is 22.8. The summed E-state index contributed by atoms with van der Waals surface area (Å²) in [6.45, 7) is 2.82. The average molecular weight is 426 g/mol. The van der Waals surface area contributed by atoms with Crippen molar-refractivity contribution >= 4 is 29.1 Å². The Morgan fingerprint density at radius 3 is 2.32 bits per heavy atom. The first-order valence-electron chi connectivity index (χ1n) is 9.64. The van der Waals surface area contributed by atoms with Crippen molar-refractivity contribution in [3.05, 3.63) is 79.9 Å². The number of carbonyl (C=O) groups excluding carboxylic acids is 1. The molecular formula is C21H22N4O6. The Morgan fingerprint density at radius 2 is 1.74 bits per heavy atom. The SMILES string of the molecule is COC(=O)c1cc([N+](=O)[O-])cc([N+](=O)[O-])c1N1CCN(C/C=C/c2ccccc2)CC1. The summed E-state index contributed by atoms with van der Waals surface area (Å²) in [5.74, 6) is -0.852. The molecule has 0 saturated carbocycles. The zero-order valence-electron chi connectivity index (χ0n) is 17.0. The molecule has 0 aliphatic carbocycles.